The third-order valence-corrected chi connectivity index (χ3v) is 4.88. The molecule has 0 saturated carbocycles. The van der Waals surface area contributed by atoms with Gasteiger partial charge in [-0.2, -0.15) is 13.2 Å². The van der Waals surface area contributed by atoms with E-state index in [1.165, 1.54) is 11.6 Å². The monoisotopic (exact) mass is 347 g/mol. The van der Waals surface area contributed by atoms with Gasteiger partial charge in [0.25, 0.3) is 5.91 Å². The van der Waals surface area contributed by atoms with Gasteiger partial charge in [-0.05, 0) is 55.5 Å². The molecule has 4 rings (SSSR count). The second-order valence-electron chi connectivity index (χ2n) is 6.47. The number of amides is 1. The van der Waals surface area contributed by atoms with Crippen molar-refractivity contribution in [3.63, 3.8) is 0 Å². The third-order valence-electron chi connectivity index (χ3n) is 4.88. The van der Waals surface area contributed by atoms with Crippen molar-refractivity contribution in [2.75, 3.05) is 5.32 Å². The predicted molar refractivity (Wildman–Crippen MR) is 88.0 cm³/mol. The van der Waals surface area contributed by atoms with E-state index in [4.69, 9.17) is 4.42 Å². The minimum absolute atomic E-state index is 0.181. The fourth-order valence-electron chi connectivity index (χ4n) is 3.53. The summed E-state index contributed by atoms with van der Waals surface area (Å²) in [4.78, 5) is 12.2. The maximum Gasteiger partial charge on any atom is 0.416 e. The molecule has 1 aliphatic carbocycles. The molecule has 1 amide bonds. The molecule has 130 valence electrons. The summed E-state index contributed by atoms with van der Waals surface area (Å²) in [6, 6.07) is 3.29. The summed E-state index contributed by atoms with van der Waals surface area (Å²) in [5, 5.41) is 2.51. The average Bonchev–Trinajstić information content (AvgIpc) is 3.04. The lowest BCUT2D eigenvalue weighted by Crippen LogP contribution is -2.06. The lowest BCUT2D eigenvalue weighted by atomic mass is 9.95. The van der Waals surface area contributed by atoms with Gasteiger partial charge in [0.1, 0.15) is 11.5 Å². The Hall–Kier alpha value is -2.50. The summed E-state index contributed by atoms with van der Waals surface area (Å²) in [6.45, 7) is 1.96. The Kier molecular flexibility index (Phi) is 3.52. The number of nitrogens with one attached hydrogen (secondary N) is 1. The van der Waals surface area contributed by atoms with Crippen LogP contribution in [0.25, 0.3) is 11.6 Å². The summed E-state index contributed by atoms with van der Waals surface area (Å²) in [6.07, 6.45) is 1.25. The van der Waals surface area contributed by atoms with Gasteiger partial charge in [-0.3, -0.25) is 4.79 Å². The maximum absolute atomic E-state index is 12.8. The molecule has 0 bridgehead atoms. The summed E-state index contributed by atoms with van der Waals surface area (Å²) in [5.41, 5.74) is 2.40. The predicted octanol–water partition coefficient (Wildman–Crippen LogP) is 4.98. The van der Waals surface area contributed by atoms with Crippen LogP contribution in [0.15, 0.2) is 22.6 Å². The first-order valence-corrected chi connectivity index (χ1v) is 8.20. The number of fused-ring (bicyclic) bond motifs is 2. The third kappa shape index (κ3) is 2.65. The van der Waals surface area contributed by atoms with Crippen molar-refractivity contribution in [3.05, 3.63) is 52.0 Å². The number of hydrogen-bond donors (Lipinski definition) is 1. The smallest absolute Gasteiger partial charge is 0.416 e. The van der Waals surface area contributed by atoms with Crippen LogP contribution in [0, 0.1) is 6.92 Å². The fraction of sp³-hybridized carbons (Fsp3) is 0.316. The SMILES string of the molecule is Cc1c(C=C2C(=O)Nc3cc(C(F)(F)F)ccc32)oc2c1CCCC2. The first-order valence-electron chi connectivity index (χ1n) is 8.20. The molecule has 0 spiro atoms. The molecule has 3 nitrogen and oxygen atoms in total. The molecule has 0 unspecified atom stereocenters. The molecule has 25 heavy (non-hydrogen) atoms. The Labute approximate surface area is 142 Å². The van der Waals surface area contributed by atoms with Crippen molar-refractivity contribution in [2.24, 2.45) is 0 Å². The Balaban J connectivity index is 1.77. The highest BCUT2D eigenvalue weighted by Crippen LogP contribution is 2.39. The van der Waals surface area contributed by atoms with Gasteiger partial charge in [0.2, 0.25) is 0 Å². The number of halogens is 3. The molecular formula is C19H16F3NO2. The topological polar surface area (TPSA) is 42.2 Å². The van der Waals surface area contributed by atoms with E-state index < -0.39 is 17.6 Å². The quantitative estimate of drug-likeness (QED) is 0.740. The van der Waals surface area contributed by atoms with Crippen LogP contribution >= 0.6 is 0 Å². The Morgan fingerprint density at radius 1 is 1.20 bits per heavy atom. The molecule has 1 aromatic carbocycles. The molecule has 0 atom stereocenters. The van der Waals surface area contributed by atoms with Gasteiger partial charge in [0, 0.05) is 17.7 Å². The molecule has 2 heterocycles. The number of carbonyl (C=O) groups is 1. The van der Waals surface area contributed by atoms with Gasteiger partial charge in [-0.15, -0.1) is 0 Å². The van der Waals surface area contributed by atoms with Crippen molar-refractivity contribution in [3.8, 4) is 0 Å². The zero-order chi connectivity index (χ0) is 17.8. The van der Waals surface area contributed by atoms with Crippen LogP contribution in [0.1, 0.15) is 46.6 Å². The lowest BCUT2D eigenvalue weighted by Gasteiger charge is -2.08. The number of alkyl halides is 3. The Bertz CT molecular complexity index is 906. The second kappa shape index (κ2) is 5.51. The fourth-order valence-corrected chi connectivity index (χ4v) is 3.53. The zero-order valence-electron chi connectivity index (χ0n) is 13.6. The molecule has 0 fully saturated rings. The normalized spacial score (nSPS) is 18.2. The summed E-state index contributed by atoms with van der Waals surface area (Å²) in [5.74, 6) is 1.16. The van der Waals surface area contributed by atoms with Crippen LogP contribution in [-0.4, -0.2) is 5.91 Å². The van der Waals surface area contributed by atoms with Crippen molar-refractivity contribution < 1.29 is 22.4 Å². The molecule has 1 N–H and O–H groups in total. The first kappa shape index (κ1) is 16.0. The van der Waals surface area contributed by atoms with Crippen LogP contribution in [0.2, 0.25) is 0 Å². The van der Waals surface area contributed by atoms with Crippen molar-refractivity contribution in [1.29, 1.82) is 0 Å². The number of furan rings is 1. The molecule has 2 aromatic rings. The number of hydrogen-bond acceptors (Lipinski definition) is 2. The lowest BCUT2D eigenvalue weighted by molar-refractivity contribution is -0.137. The standard InChI is InChI=1S/C19H16F3NO2/c1-10-12-4-2-3-5-16(12)25-17(10)9-14-13-7-6-11(19(20,21)22)8-15(13)23-18(14)24/h6-9H,2-5H2,1H3,(H,23,24). The molecule has 1 aliphatic heterocycles. The van der Waals surface area contributed by atoms with Crippen molar-refractivity contribution in [1.82, 2.24) is 0 Å². The number of anilines is 1. The van der Waals surface area contributed by atoms with E-state index in [0.29, 0.717) is 16.9 Å². The molecule has 6 heteroatoms. The molecular weight excluding hydrogens is 331 g/mol. The van der Waals surface area contributed by atoms with E-state index in [1.807, 2.05) is 6.92 Å². The van der Waals surface area contributed by atoms with Crippen LogP contribution in [0.5, 0.6) is 0 Å². The van der Waals surface area contributed by atoms with Gasteiger partial charge >= 0.3 is 6.18 Å². The van der Waals surface area contributed by atoms with E-state index in [0.717, 1.165) is 49.1 Å². The zero-order valence-corrected chi connectivity index (χ0v) is 13.6. The van der Waals surface area contributed by atoms with Gasteiger partial charge in [0.15, 0.2) is 0 Å². The van der Waals surface area contributed by atoms with E-state index in [-0.39, 0.29) is 5.69 Å². The minimum atomic E-state index is -4.44. The maximum atomic E-state index is 12.8. The van der Waals surface area contributed by atoms with Crippen LogP contribution < -0.4 is 5.32 Å². The van der Waals surface area contributed by atoms with Gasteiger partial charge in [-0.25, -0.2) is 0 Å². The molecule has 2 aliphatic rings. The van der Waals surface area contributed by atoms with E-state index >= 15 is 0 Å². The van der Waals surface area contributed by atoms with Gasteiger partial charge in [-0.1, -0.05) is 6.07 Å². The molecule has 1 aromatic heterocycles. The number of aryl methyl sites for hydroxylation is 1. The van der Waals surface area contributed by atoms with Crippen LogP contribution in [0.4, 0.5) is 18.9 Å². The Morgan fingerprint density at radius 2 is 1.96 bits per heavy atom. The van der Waals surface area contributed by atoms with Crippen molar-refractivity contribution in [2.45, 2.75) is 38.8 Å². The number of carbonyl (C=O) groups excluding carboxylic acids is 1. The Morgan fingerprint density at radius 3 is 2.68 bits per heavy atom. The number of benzene rings is 1. The average molecular weight is 347 g/mol. The number of rotatable bonds is 1. The first-order chi connectivity index (χ1) is 11.8. The van der Waals surface area contributed by atoms with Crippen LogP contribution in [-0.2, 0) is 23.8 Å². The highest BCUT2D eigenvalue weighted by atomic mass is 19.4. The summed E-state index contributed by atoms with van der Waals surface area (Å²) in [7, 11) is 0. The largest absolute Gasteiger partial charge is 0.461 e. The highest BCUT2D eigenvalue weighted by Gasteiger charge is 2.34. The van der Waals surface area contributed by atoms with Crippen molar-refractivity contribution >= 4 is 23.2 Å². The minimum Gasteiger partial charge on any atom is -0.461 e. The molecule has 0 saturated heterocycles. The van der Waals surface area contributed by atoms with E-state index in [1.54, 1.807) is 6.08 Å². The van der Waals surface area contributed by atoms with E-state index in [9.17, 15) is 18.0 Å². The summed E-state index contributed by atoms with van der Waals surface area (Å²) >= 11 is 0. The highest BCUT2D eigenvalue weighted by molar-refractivity contribution is 6.34. The summed E-state index contributed by atoms with van der Waals surface area (Å²) < 4.78 is 44.4. The van der Waals surface area contributed by atoms with Gasteiger partial charge in [0.05, 0.1) is 11.1 Å². The van der Waals surface area contributed by atoms with E-state index in [2.05, 4.69) is 5.32 Å². The second-order valence-corrected chi connectivity index (χ2v) is 6.47. The van der Waals surface area contributed by atoms with Crippen LogP contribution in [0.3, 0.4) is 0 Å². The van der Waals surface area contributed by atoms with Gasteiger partial charge < -0.3 is 9.73 Å². The molecule has 0 radical (unpaired) electrons.